The van der Waals surface area contributed by atoms with Gasteiger partial charge in [-0.15, -0.1) is 0 Å². The SMILES string of the molecule is CC1CCC2OC(NC3=NC4CCCC(=O)C4C4(CCCC4)N3)=NC2C1. The van der Waals surface area contributed by atoms with Gasteiger partial charge in [-0.05, 0) is 50.9 Å². The Bertz CT molecular complexity index is 652. The molecule has 6 nitrogen and oxygen atoms in total. The molecule has 2 heterocycles. The summed E-state index contributed by atoms with van der Waals surface area (Å²) in [5, 5.41) is 6.98. The minimum atomic E-state index is -0.104. The average molecular weight is 358 g/mol. The molecular formula is C20H30N4O2. The molecule has 142 valence electrons. The van der Waals surface area contributed by atoms with Gasteiger partial charge in [0.05, 0.1) is 23.5 Å². The first-order valence-corrected chi connectivity index (χ1v) is 10.5. The molecule has 5 atom stereocenters. The van der Waals surface area contributed by atoms with Gasteiger partial charge >= 0.3 is 0 Å². The van der Waals surface area contributed by atoms with Crippen LogP contribution >= 0.6 is 0 Å². The lowest BCUT2D eigenvalue weighted by Gasteiger charge is -2.46. The molecule has 0 aromatic carbocycles. The molecule has 0 radical (unpaired) electrons. The largest absolute Gasteiger partial charge is 0.459 e. The van der Waals surface area contributed by atoms with E-state index in [-0.39, 0.29) is 29.6 Å². The number of Topliss-reactive ketones (excluding diaryl/α,β-unsaturated/α-hetero) is 1. The first-order chi connectivity index (χ1) is 12.6. The van der Waals surface area contributed by atoms with Crippen molar-refractivity contribution in [2.24, 2.45) is 21.8 Å². The van der Waals surface area contributed by atoms with E-state index in [0.29, 0.717) is 11.8 Å². The first kappa shape index (κ1) is 16.6. The second-order valence-electron chi connectivity index (χ2n) is 9.07. The lowest BCUT2D eigenvalue weighted by atomic mass is 9.69. The number of amidine groups is 1. The third-order valence-electron chi connectivity index (χ3n) is 7.20. The Balaban J connectivity index is 1.36. The molecule has 3 aliphatic carbocycles. The molecule has 5 aliphatic rings. The fourth-order valence-corrected chi connectivity index (χ4v) is 5.94. The molecule has 0 amide bonds. The summed E-state index contributed by atoms with van der Waals surface area (Å²) in [7, 11) is 0. The fraction of sp³-hybridized carbons (Fsp3) is 0.850. The molecule has 0 aromatic rings. The third kappa shape index (κ3) is 2.72. The van der Waals surface area contributed by atoms with Gasteiger partial charge in [0.25, 0.3) is 6.02 Å². The third-order valence-corrected chi connectivity index (χ3v) is 7.20. The highest BCUT2D eigenvalue weighted by molar-refractivity contribution is 5.98. The predicted molar refractivity (Wildman–Crippen MR) is 100 cm³/mol. The maximum Gasteiger partial charge on any atom is 0.292 e. The summed E-state index contributed by atoms with van der Waals surface area (Å²) in [6.45, 7) is 2.30. The number of nitrogens with zero attached hydrogens (tertiary/aromatic N) is 2. The molecule has 0 aromatic heterocycles. The van der Waals surface area contributed by atoms with E-state index in [1.807, 2.05) is 0 Å². The van der Waals surface area contributed by atoms with Crippen LogP contribution in [0.2, 0.25) is 0 Å². The quantitative estimate of drug-likeness (QED) is 0.698. The van der Waals surface area contributed by atoms with E-state index < -0.39 is 0 Å². The van der Waals surface area contributed by atoms with Crippen molar-refractivity contribution in [1.82, 2.24) is 10.6 Å². The second-order valence-corrected chi connectivity index (χ2v) is 9.07. The molecule has 6 heteroatoms. The minimum absolute atomic E-state index is 0.0548. The number of carbonyl (C=O) groups excluding carboxylic acids is 1. The Kier molecular flexibility index (Phi) is 3.98. The molecule has 1 spiro atoms. The summed E-state index contributed by atoms with van der Waals surface area (Å²) < 4.78 is 6.08. The van der Waals surface area contributed by atoms with Crippen molar-refractivity contribution in [3.8, 4) is 0 Å². The van der Waals surface area contributed by atoms with E-state index in [4.69, 9.17) is 14.7 Å². The molecule has 5 rings (SSSR count). The monoisotopic (exact) mass is 358 g/mol. The second kappa shape index (κ2) is 6.24. The van der Waals surface area contributed by atoms with Crippen molar-refractivity contribution < 1.29 is 9.53 Å². The van der Waals surface area contributed by atoms with E-state index in [9.17, 15) is 4.79 Å². The molecule has 5 unspecified atom stereocenters. The maximum absolute atomic E-state index is 12.7. The zero-order valence-electron chi connectivity index (χ0n) is 15.7. The number of hydrogen-bond donors (Lipinski definition) is 2. The Morgan fingerprint density at radius 3 is 2.81 bits per heavy atom. The van der Waals surface area contributed by atoms with Crippen LogP contribution in [-0.2, 0) is 9.53 Å². The number of carbonyl (C=O) groups is 1. The highest BCUT2D eigenvalue weighted by atomic mass is 16.5. The van der Waals surface area contributed by atoms with Crippen LogP contribution in [0.1, 0.15) is 71.1 Å². The number of fused-ring (bicyclic) bond motifs is 3. The first-order valence-electron chi connectivity index (χ1n) is 10.5. The molecule has 0 bridgehead atoms. The summed E-state index contributed by atoms with van der Waals surface area (Å²) >= 11 is 0. The van der Waals surface area contributed by atoms with Crippen molar-refractivity contribution in [2.45, 2.75) is 94.9 Å². The van der Waals surface area contributed by atoms with E-state index in [1.165, 1.54) is 19.3 Å². The van der Waals surface area contributed by atoms with Gasteiger partial charge in [0.1, 0.15) is 11.9 Å². The van der Waals surface area contributed by atoms with E-state index in [0.717, 1.165) is 56.8 Å². The normalized spacial score (nSPS) is 40.8. The van der Waals surface area contributed by atoms with E-state index in [2.05, 4.69) is 17.6 Å². The Morgan fingerprint density at radius 1 is 1.12 bits per heavy atom. The number of hydrogen-bond acceptors (Lipinski definition) is 6. The number of rotatable bonds is 0. The Morgan fingerprint density at radius 2 is 1.96 bits per heavy atom. The van der Waals surface area contributed by atoms with E-state index >= 15 is 0 Å². The number of guanidine groups is 1. The highest BCUT2D eigenvalue weighted by Gasteiger charge is 2.52. The van der Waals surface area contributed by atoms with Gasteiger partial charge in [-0.2, -0.15) is 0 Å². The van der Waals surface area contributed by atoms with Crippen molar-refractivity contribution >= 4 is 17.8 Å². The number of ketones is 1. The lowest BCUT2D eigenvalue weighted by molar-refractivity contribution is -0.128. The standard InChI is InChI=1S/C20H30N4O2/c1-12-7-8-16-14(11-12)22-19(26-16)23-18-21-13-5-4-6-15(25)17(13)20(24-18)9-2-3-10-20/h12-14,16-17H,2-11H2,1H3,(H2,21,22,23,24). The van der Waals surface area contributed by atoms with Gasteiger partial charge < -0.3 is 10.1 Å². The van der Waals surface area contributed by atoms with Crippen LogP contribution in [0.3, 0.4) is 0 Å². The van der Waals surface area contributed by atoms with Crippen molar-refractivity contribution in [3.63, 3.8) is 0 Å². The average Bonchev–Trinajstić information content (AvgIpc) is 3.21. The maximum atomic E-state index is 12.7. The van der Waals surface area contributed by atoms with Gasteiger partial charge in [0.15, 0.2) is 5.96 Å². The Hall–Kier alpha value is -1.59. The van der Waals surface area contributed by atoms with Crippen molar-refractivity contribution in [3.05, 3.63) is 0 Å². The predicted octanol–water partition coefficient (Wildman–Crippen LogP) is 2.53. The zero-order valence-corrected chi connectivity index (χ0v) is 15.7. The van der Waals surface area contributed by atoms with Crippen LogP contribution in [0.25, 0.3) is 0 Å². The molecular weight excluding hydrogens is 328 g/mol. The van der Waals surface area contributed by atoms with Crippen LogP contribution in [-0.4, -0.2) is 41.5 Å². The summed E-state index contributed by atoms with van der Waals surface area (Å²) in [4.78, 5) is 22.3. The summed E-state index contributed by atoms with van der Waals surface area (Å²) in [5.74, 6) is 1.96. The summed E-state index contributed by atoms with van der Waals surface area (Å²) in [6.07, 6.45) is 10.9. The number of ether oxygens (including phenoxy) is 1. The molecule has 26 heavy (non-hydrogen) atoms. The Labute approximate surface area is 155 Å². The van der Waals surface area contributed by atoms with Gasteiger partial charge in [-0.3, -0.25) is 10.1 Å². The van der Waals surface area contributed by atoms with Crippen LogP contribution in [0.4, 0.5) is 0 Å². The van der Waals surface area contributed by atoms with E-state index in [1.54, 1.807) is 0 Å². The molecule has 3 fully saturated rings. The van der Waals surface area contributed by atoms with Crippen LogP contribution in [0.5, 0.6) is 0 Å². The lowest BCUT2D eigenvalue weighted by Crippen LogP contribution is -2.65. The van der Waals surface area contributed by atoms with Crippen molar-refractivity contribution in [2.75, 3.05) is 0 Å². The number of aliphatic imine (C=N–C) groups is 2. The minimum Gasteiger partial charge on any atom is -0.459 e. The summed E-state index contributed by atoms with van der Waals surface area (Å²) in [6, 6.07) is 1.02. The fourth-order valence-electron chi connectivity index (χ4n) is 5.94. The van der Waals surface area contributed by atoms with Gasteiger partial charge in [0.2, 0.25) is 0 Å². The molecule has 0 saturated heterocycles. The smallest absolute Gasteiger partial charge is 0.292 e. The molecule has 2 N–H and O–H groups in total. The van der Waals surface area contributed by atoms with Crippen molar-refractivity contribution in [1.29, 1.82) is 0 Å². The van der Waals surface area contributed by atoms with Crippen LogP contribution in [0.15, 0.2) is 9.98 Å². The zero-order chi connectivity index (χ0) is 17.7. The summed E-state index contributed by atoms with van der Waals surface area (Å²) in [5.41, 5.74) is -0.104. The van der Waals surface area contributed by atoms with Crippen LogP contribution < -0.4 is 10.6 Å². The van der Waals surface area contributed by atoms with Gasteiger partial charge in [-0.25, -0.2) is 9.98 Å². The molecule has 3 saturated carbocycles. The molecule has 2 aliphatic heterocycles. The van der Waals surface area contributed by atoms with Crippen LogP contribution in [0, 0.1) is 11.8 Å². The highest BCUT2D eigenvalue weighted by Crippen LogP contribution is 2.44. The van der Waals surface area contributed by atoms with Gasteiger partial charge in [-0.1, -0.05) is 19.8 Å². The van der Waals surface area contributed by atoms with Gasteiger partial charge in [0, 0.05) is 6.42 Å². The number of nitrogens with one attached hydrogen (secondary N) is 2. The topological polar surface area (TPSA) is 75.1 Å².